The second kappa shape index (κ2) is 8.77. The molecule has 0 heterocycles. The summed E-state index contributed by atoms with van der Waals surface area (Å²) in [5.41, 5.74) is 1.02. The van der Waals surface area contributed by atoms with Gasteiger partial charge in [-0.3, -0.25) is 4.79 Å². The number of rotatable bonds is 7. The zero-order valence-corrected chi connectivity index (χ0v) is 16.3. The molecule has 0 fully saturated rings. The number of carbonyl (C=O) groups excluding carboxylic acids is 1. The maximum atomic E-state index is 12.6. The van der Waals surface area contributed by atoms with Gasteiger partial charge in [0.05, 0.1) is 10.9 Å². The van der Waals surface area contributed by atoms with Crippen LogP contribution in [0, 0.1) is 0 Å². The highest BCUT2D eigenvalue weighted by Gasteiger charge is 2.26. The number of amides is 1. The molecule has 2 rings (SSSR count). The summed E-state index contributed by atoms with van der Waals surface area (Å²) < 4.78 is 48.0. The number of sulfone groups is 1. The summed E-state index contributed by atoms with van der Waals surface area (Å²) in [6.45, 7) is 0.257. The van der Waals surface area contributed by atoms with Crippen molar-refractivity contribution in [3.8, 4) is 0 Å². The van der Waals surface area contributed by atoms with Crippen molar-refractivity contribution < 1.29 is 22.0 Å². The van der Waals surface area contributed by atoms with Gasteiger partial charge in [0.1, 0.15) is 0 Å². The normalized spacial score (nSPS) is 13.0. The smallest absolute Gasteiger partial charge is 0.341 e. The van der Waals surface area contributed by atoms with Gasteiger partial charge in [-0.05, 0) is 50.0 Å². The number of hydrogen-bond acceptors (Lipinski definition) is 4. The topological polar surface area (TPSA) is 66.5 Å². The Bertz CT molecular complexity index is 903. The van der Waals surface area contributed by atoms with E-state index in [0.717, 1.165) is 17.7 Å². The van der Waals surface area contributed by atoms with Crippen LogP contribution in [0.25, 0.3) is 0 Å². The number of benzene rings is 2. The SMILES string of the molecule is CN(C)C(CNC(=O)c1ccc(S(=O)(=O)C(F)F)cc1)c1ccccc1Cl. The van der Waals surface area contributed by atoms with Crippen LogP contribution in [-0.2, 0) is 9.84 Å². The lowest BCUT2D eigenvalue weighted by molar-refractivity contribution is 0.0942. The van der Waals surface area contributed by atoms with Crippen LogP contribution in [0.1, 0.15) is 22.0 Å². The summed E-state index contributed by atoms with van der Waals surface area (Å²) in [5, 5.41) is 3.33. The quantitative estimate of drug-likeness (QED) is 0.751. The molecule has 1 unspecified atom stereocenters. The molecule has 0 aliphatic rings. The second-order valence-electron chi connectivity index (χ2n) is 6.04. The lowest BCUT2D eigenvalue weighted by Crippen LogP contribution is -2.34. The molecule has 0 aliphatic carbocycles. The largest absolute Gasteiger partial charge is 0.350 e. The first kappa shape index (κ1) is 21.3. The highest BCUT2D eigenvalue weighted by atomic mass is 35.5. The lowest BCUT2D eigenvalue weighted by atomic mass is 10.1. The summed E-state index contributed by atoms with van der Waals surface area (Å²) in [6, 6.07) is 11.5. The van der Waals surface area contributed by atoms with Crippen LogP contribution in [0.15, 0.2) is 53.4 Å². The van der Waals surface area contributed by atoms with Gasteiger partial charge in [0.15, 0.2) is 0 Å². The molecule has 0 saturated carbocycles. The third kappa shape index (κ3) is 5.03. The van der Waals surface area contributed by atoms with Gasteiger partial charge in [0, 0.05) is 17.1 Å². The molecule has 0 spiro atoms. The van der Waals surface area contributed by atoms with E-state index >= 15 is 0 Å². The van der Waals surface area contributed by atoms with E-state index in [-0.39, 0.29) is 18.2 Å². The second-order valence-corrected chi connectivity index (χ2v) is 8.37. The highest BCUT2D eigenvalue weighted by molar-refractivity contribution is 7.91. The molecular formula is C18H19ClF2N2O3S. The average Bonchev–Trinajstić information content (AvgIpc) is 2.62. The van der Waals surface area contributed by atoms with Crippen molar-refractivity contribution in [1.82, 2.24) is 10.2 Å². The molecule has 1 atom stereocenters. The Morgan fingerprint density at radius 2 is 1.70 bits per heavy atom. The average molecular weight is 417 g/mol. The van der Waals surface area contributed by atoms with Gasteiger partial charge < -0.3 is 10.2 Å². The standard InChI is InChI=1S/C18H19ClF2N2O3S/c1-23(2)16(14-5-3-4-6-15(14)19)11-22-17(24)12-7-9-13(10-8-12)27(25,26)18(20)21/h3-10,16,18H,11H2,1-2H3,(H,22,24). The van der Waals surface area contributed by atoms with Gasteiger partial charge in [-0.25, -0.2) is 8.42 Å². The van der Waals surface area contributed by atoms with Crippen LogP contribution < -0.4 is 5.32 Å². The summed E-state index contributed by atoms with van der Waals surface area (Å²) in [7, 11) is -0.981. The fraction of sp³-hybridized carbons (Fsp3) is 0.278. The van der Waals surface area contributed by atoms with Crippen molar-refractivity contribution in [2.75, 3.05) is 20.6 Å². The maximum Gasteiger partial charge on any atom is 0.341 e. The molecule has 1 N–H and O–H groups in total. The fourth-order valence-electron chi connectivity index (χ4n) is 2.51. The van der Waals surface area contributed by atoms with E-state index in [2.05, 4.69) is 5.32 Å². The van der Waals surface area contributed by atoms with Crippen molar-refractivity contribution in [2.45, 2.75) is 16.7 Å². The van der Waals surface area contributed by atoms with E-state index in [4.69, 9.17) is 11.6 Å². The number of nitrogens with zero attached hydrogens (tertiary/aromatic N) is 1. The molecule has 5 nitrogen and oxygen atoms in total. The Hall–Kier alpha value is -2.03. The van der Waals surface area contributed by atoms with Gasteiger partial charge in [0.25, 0.3) is 5.91 Å². The van der Waals surface area contributed by atoms with Gasteiger partial charge in [-0.2, -0.15) is 8.78 Å². The third-order valence-corrected chi connectivity index (χ3v) is 5.77. The molecule has 1 amide bonds. The summed E-state index contributed by atoms with van der Waals surface area (Å²) in [6.07, 6.45) is 0. The van der Waals surface area contributed by atoms with Crippen LogP contribution in [0.4, 0.5) is 8.78 Å². The van der Waals surface area contributed by atoms with E-state index in [1.807, 2.05) is 37.2 Å². The van der Waals surface area contributed by atoms with E-state index in [9.17, 15) is 22.0 Å². The molecule has 0 aliphatic heterocycles. The minimum absolute atomic E-state index is 0.167. The first-order valence-electron chi connectivity index (χ1n) is 7.95. The van der Waals surface area contributed by atoms with Crippen molar-refractivity contribution in [1.29, 1.82) is 0 Å². The van der Waals surface area contributed by atoms with Gasteiger partial charge in [-0.1, -0.05) is 29.8 Å². The van der Waals surface area contributed by atoms with Crippen molar-refractivity contribution in [3.05, 3.63) is 64.7 Å². The molecule has 0 radical (unpaired) electrons. The van der Waals surface area contributed by atoms with Crippen LogP contribution in [0.2, 0.25) is 5.02 Å². The van der Waals surface area contributed by atoms with E-state index in [0.29, 0.717) is 5.02 Å². The van der Waals surface area contributed by atoms with Crippen molar-refractivity contribution in [3.63, 3.8) is 0 Å². The Morgan fingerprint density at radius 1 is 1.11 bits per heavy atom. The number of carbonyl (C=O) groups is 1. The lowest BCUT2D eigenvalue weighted by Gasteiger charge is -2.26. The first-order valence-corrected chi connectivity index (χ1v) is 9.88. The number of alkyl halides is 2. The number of halogens is 3. The Balaban J connectivity index is 2.11. The maximum absolute atomic E-state index is 12.6. The summed E-state index contributed by atoms with van der Waals surface area (Å²) in [5.74, 6) is -3.96. The molecule has 2 aromatic carbocycles. The summed E-state index contributed by atoms with van der Waals surface area (Å²) in [4.78, 5) is 13.7. The highest BCUT2D eigenvalue weighted by Crippen LogP contribution is 2.25. The number of nitrogens with one attached hydrogen (secondary N) is 1. The Kier molecular flexibility index (Phi) is 6.91. The monoisotopic (exact) mass is 416 g/mol. The molecule has 9 heteroatoms. The molecule has 0 saturated heterocycles. The van der Waals surface area contributed by atoms with Crippen LogP contribution in [0.3, 0.4) is 0 Å². The van der Waals surface area contributed by atoms with Crippen LogP contribution in [0.5, 0.6) is 0 Å². The van der Waals surface area contributed by atoms with Gasteiger partial charge >= 0.3 is 5.76 Å². The molecule has 0 bridgehead atoms. The van der Waals surface area contributed by atoms with Crippen LogP contribution in [-0.4, -0.2) is 45.6 Å². The van der Waals surface area contributed by atoms with Crippen LogP contribution >= 0.6 is 11.6 Å². The molecule has 0 aromatic heterocycles. The van der Waals surface area contributed by atoms with E-state index < -0.39 is 26.4 Å². The van der Waals surface area contributed by atoms with Crippen molar-refractivity contribution >= 4 is 27.3 Å². The molecular weight excluding hydrogens is 398 g/mol. The van der Waals surface area contributed by atoms with Crippen molar-refractivity contribution in [2.24, 2.45) is 0 Å². The predicted molar refractivity (Wildman–Crippen MR) is 99.8 cm³/mol. The van der Waals surface area contributed by atoms with E-state index in [1.54, 1.807) is 6.07 Å². The summed E-state index contributed by atoms with van der Waals surface area (Å²) >= 11 is 6.22. The minimum atomic E-state index is -4.68. The molecule has 146 valence electrons. The predicted octanol–water partition coefficient (Wildman–Crippen LogP) is 3.37. The fourth-order valence-corrected chi connectivity index (χ4v) is 3.49. The zero-order chi connectivity index (χ0) is 20.2. The molecule has 2 aromatic rings. The van der Waals surface area contributed by atoms with Gasteiger partial charge in [-0.15, -0.1) is 0 Å². The van der Waals surface area contributed by atoms with Gasteiger partial charge in [0.2, 0.25) is 9.84 Å². The first-order chi connectivity index (χ1) is 12.6. The Morgan fingerprint density at radius 3 is 2.22 bits per heavy atom. The minimum Gasteiger partial charge on any atom is -0.350 e. The molecule has 27 heavy (non-hydrogen) atoms. The number of likely N-dealkylation sites (N-methyl/N-ethyl adjacent to an activating group) is 1. The number of hydrogen-bond donors (Lipinski definition) is 1. The zero-order valence-electron chi connectivity index (χ0n) is 14.7. The van der Waals surface area contributed by atoms with E-state index in [1.165, 1.54) is 12.1 Å². The Labute approximate surface area is 161 Å². The third-order valence-electron chi connectivity index (χ3n) is 4.02.